The molecule has 206 valence electrons. The minimum absolute atomic E-state index is 0.661. The van der Waals surface area contributed by atoms with Crippen molar-refractivity contribution in [3.63, 3.8) is 0 Å². The molecule has 0 aliphatic carbocycles. The van der Waals surface area contributed by atoms with Gasteiger partial charge in [-0.25, -0.2) is 9.97 Å². The molecule has 3 heterocycles. The minimum Gasteiger partial charge on any atom is -0.316 e. The summed E-state index contributed by atoms with van der Waals surface area (Å²) in [7, 11) is 0. The number of nitrogens with zero attached hydrogens (tertiary/aromatic N) is 4. The van der Waals surface area contributed by atoms with Gasteiger partial charge in [-0.2, -0.15) is 0 Å². The first-order valence-corrected chi connectivity index (χ1v) is 14.8. The molecule has 0 bridgehead atoms. The van der Waals surface area contributed by atoms with Gasteiger partial charge in [0, 0.05) is 39.0 Å². The van der Waals surface area contributed by atoms with Crippen LogP contribution in [0.1, 0.15) is 0 Å². The minimum atomic E-state index is 0.661. The molecule has 0 saturated heterocycles. The third-order valence-corrected chi connectivity index (χ3v) is 8.57. The van der Waals surface area contributed by atoms with Crippen LogP contribution in [0.4, 0.5) is 0 Å². The van der Waals surface area contributed by atoms with Crippen LogP contribution in [0.15, 0.2) is 158 Å². The second kappa shape index (κ2) is 9.79. The van der Waals surface area contributed by atoms with Crippen LogP contribution < -0.4 is 0 Å². The predicted octanol–water partition coefficient (Wildman–Crippen LogP) is 10.0. The Kier molecular flexibility index (Phi) is 5.47. The van der Waals surface area contributed by atoms with Crippen LogP contribution in [0.3, 0.4) is 0 Å². The molecule has 9 rings (SSSR count). The summed E-state index contributed by atoms with van der Waals surface area (Å²) in [5.41, 5.74) is 9.72. The Bertz CT molecular complexity index is 2470. The lowest BCUT2D eigenvalue weighted by atomic mass is 10.0. The van der Waals surface area contributed by atoms with E-state index in [9.17, 15) is 0 Å². The highest BCUT2D eigenvalue weighted by atomic mass is 15.2. The highest BCUT2D eigenvalue weighted by molar-refractivity contribution is 6.13. The van der Waals surface area contributed by atoms with Crippen molar-refractivity contribution in [2.75, 3.05) is 0 Å². The van der Waals surface area contributed by atoms with Crippen molar-refractivity contribution in [2.45, 2.75) is 0 Å². The van der Waals surface area contributed by atoms with Gasteiger partial charge in [0.05, 0.1) is 27.8 Å². The number of benzene rings is 6. The number of hydrogen-bond donors (Lipinski definition) is 0. The monoisotopic (exact) mass is 562 g/mol. The number of rotatable bonds is 4. The van der Waals surface area contributed by atoms with Crippen molar-refractivity contribution in [3.8, 4) is 34.0 Å². The first-order valence-electron chi connectivity index (χ1n) is 14.8. The summed E-state index contributed by atoms with van der Waals surface area (Å²) < 4.78 is 4.47. The molecule has 0 saturated carbocycles. The molecule has 0 fully saturated rings. The van der Waals surface area contributed by atoms with Gasteiger partial charge in [0.25, 0.3) is 0 Å². The van der Waals surface area contributed by atoms with Gasteiger partial charge in [0.2, 0.25) is 5.95 Å². The van der Waals surface area contributed by atoms with E-state index in [-0.39, 0.29) is 0 Å². The van der Waals surface area contributed by atoms with Crippen molar-refractivity contribution in [1.82, 2.24) is 19.1 Å². The molecule has 0 aliphatic rings. The Morgan fingerprint density at radius 3 is 1.91 bits per heavy atom. The first kappa shape index (κ1) is 24.6. The molecule has 0 unspecified atom stereocenters. The molecule has 6 aromatic carbocycles. The first-order chi connectivity index (χ1) is 21.8. The molecule has 0 aliphatic heterocycles. The lowest BCUT2D eigenvalue weighted by molar-refractivity contribution is 1.01. The van der Waals surface area contributed by atoms with Crippen LogP contribution >= 0.6 is 0 Å². The smallest absolute Gasteiger partial charge is 0.235 e. The second-order valence-electron chi connectivity index (χ2n) is 11.1. The molecule has 9 aromatic rings. The average Bonchev–Trinajstić information content (AvgIpc) is 3.66. The third kappa shape index (κ3) is 3.85. The Labute approximate surface area is 254 Å². The zero-order valence-corrected chi connectivity index (χ0v) is 23.8. The van der Waals surface area contributed by atoms with Gasteiger partial charge < -0.3 is 4.57 Å². The van der Waals surface area contributed by atoms with E-state index in [2.05, 4.69) is 155 Å². The van der Waals surface area contributed by atoms with Gasteiger partial charge in [-0.15, -0.1) is 0 Å². The summed E-state index contributed by atoms with van der Waals surface area (Å²) in [6.07, 6.45) is 2.15. The van der Waals surface area contributed by atoms with Crippen molar-refractivity contribution < 1.29 is 0 Å². The normalized spacial score (nSPS) is 11.6. The standard InChI is InChI=1S/C40H26N4/c1-3-11-27(12-4-1)28-19-21-29(22-20-28)39-33-16-7-9-17-35(33)41-40(42-39)44-36-18-10-8-15-32(36)34-25-30-23-24-43(37(30)26-38(34)44)31-13-5-2-6-14-31/h1-26H. The van der Waals surface area contributed by atoms with Crippen LogP contribution in [0.5, 0.6) is 0 Å². The zero-order valence-electron chi connectivity index (χ0n) is 23.8. The Hall–Kier alpha value is -6.00. The van der Waals surface area contributed by atoms with E-state index in [1.807, 2.05) is 12.1 Å². The third-order valence-electron chi connectivity index (χ3n) is 8.57. The average molecular weight is 563 g/mol. The largest absolute Gasteiger partial charge is 0.316 e. The van der Waals surface area contributed by atoms with E-state index in [1.165, 1.54) is 27.3 Å². The molecule has 0 spiro atoms. The highest BCUT2D eigenvalue weighted by Crippen LogP contribution is 2.36. The predicted molar refractivity (Wildman–Crippen MR) is 182 cm³/mol. The quantitative estimate of drug-likeness (QED) is 0.214. The summed E-state index contributed by atoms with van der Waals surface area (Å²) in [6, 6.07) is 53.3. The maximum absolute atomic E-state index is 5.31. The summed E-state index contributed by atoms with van der Waals surface area (Å²) in [5.74, 6) is 0.661. The zero-order chi connectivity index (χ0) is 29.0. The molecular weight excluding hydrogens is 536 g/mol. The van der Waals surface area contributed by atoms with Crippen LogP contribution in [0.2, 0.25) is 0 Å². The lowest BCUT2D eigenvalue weighted by Crippen LogP contribution is -2.03. The lowest BCUT2D eigenvalue weighted by Gasteiger charge is -2.12. The Morgan fingerprint density at radius 2 is 1.09 bits per heavy atom. The van der Waals surface area contributed by atoms with E-state index in [4.69, 9.17) is 9.97 Å². The topological polar surface area (TPSA) is 35.6 Å². The Balaban J connectivity index is 1.30. The highest BCUT2D eigenvalue weighted by Gasteiger charge is 2.18. The number of para-hydroxylation sites is 3. The number of fused-ring (bicyclic) bond motifs is 5. The Morgan fingerprint density at radius 1 is 0.432 bits per heavy atom. The van der Waals surface area contributed by atoms with Gasteiger partial charge in [0.1, 0.15) is 0 Å². The fraction of sp³-hybridized carbons (Fsp3) is 0. The molecule has 4 heteroatoms. The van der Waals surface area contributed by atoms with Gasteiger partial charge >= 0.3 is 0 Å². The molecule has 4 nitrogen and oxygen atoms in total. The van der Waals surface area contributed by atoms with Crippen molar-refractivity contribution in [1.29, 1.82) is 0 Å². The van der Waals surface area contributed by atoms with Crippen LogP contribution in [-0.2, 0) is 0 Å². The molecule has 44 heavy (non-hydrogen) atoms. The SMILES string of the molecule is c1ccc(-c2ccc(-c3nc(-n4c5ccccc5c5cc6ccn(-c7ccccc7)c6cc54)nc4ccccc34)cc2)cc1. The molecule has 0 radical (unpaired) electrons. The summed E-state index contributed by atoms with van der Waals surface area (Å²) in [6.45, 7) is 0. The van der Waals surface area contributed by atoms with Gasteiger partial charge in [-0.05, 0) is 53.6 Å². The second-order valence-corrected chi connectivity index (χ2v) is 11.1. The van der Waals surface area contributed by atoms with Crippen molar-refractivity contribution in [2.24, 2.45) is 0 Å². The van der Waals surface area contributed by atoms with Crippen LogP contribution in [-0.4, -0.2) is 19.1 Å². The van der Waals surface area contributed by atoms with E-state index in [1.54, 1.807) is 0 Å². The molecular formula is C40H26N4. The maximum Gasteiger partial charge on any atom is 0.235 e. The number of aromatic nitrogens is 4. The van der Waals surface area contributed by atoms with E-state index < -0.39 is 0 Å². The summed E-state index contributed by atoms with van der Waals surface area (Å²) in [4.78, 5) is 10.5. The van der Waals surface area contributed by atoms with Crippen molar-refractivity contribution >= 4 is 43.6 Å². The molecule has 0 N–H and O–H groups in total. The van der Waals surface area contributed by atoms with Crippen LogP contribution in [0.25, 0.3) is 77.6 Å². The van der Waals surface area contributed by atoms with Crippen LogP contribution in [0, 0.1) is 0 Å². The van der Waals surface area contributed by atoms with Gasteiger partial charge in [0.15, 0.2) is 0 Å². The van der Waals surface area contributed by atoms with E-state index in [0.717, 1.165) is 44.4 Å². The number of hydrogen-bond acceptors (Lipinski definition) is 2. The summed E-state index contributed by atoms with van der Waals surface area (Å²) >= 11 is 0. The van der Waals surface area contributed by atoms with Gasteiger partial charge in [-0.3, -0.25) is 4.57 Å². The maximum atomic E-state index is 5.31. The van der Waals surface area contributed by atoms with E-state index in [0.29, 0.717) is 5.95 Å². The fourth-order valence-electron chi connectivity index (χ4n) is 6.46. The van der Waals surface area contributed by atoms with Crippen molar-refractivity contribution in [3.05, 3.63) is 158 Å². The summed E-state index contributed by atoms with van der Waals surface area (Å²) in [5, 5.41) is 4.60. The molecule has 3 aromatic heterocycles. The van der Waals surface area contributed by atoms with Gasteiger partial charge in [-0.1, -0.05) is 109 Å². The molecule has 0 amide bonds. The fourth-order valence-corrected chi connectivity index (χ4v) is 6.46. The molecule has 0 atom stereocenters. The van der Waals surface area contributed by atoms with E-state index >= 15 is 0 Å².